The minimum Gasteiger partial charge on any atom is -0.229 e. The normalized spacial score (nSPS) is 35.1. The summed E-state index contributed by atoms with van der Waals surface area (Å²) in [7, 11) is 0. The largest absolute Gasteiger partial charge is 0.229 e. The van der Waals surface area contributed by atoms with E-state index < -0.39 is 0 Å². The van der Waals surface area contributed by atoms with E-state index in [1.54, 1.807) is 0 Å². The first kappa shape index (κ1) is 15.0. The van der Waals surface area contributed by atoms with E-state index in [9.17, 15) is 0 Å². The van der Waals surface area contributed by atoms with Crippen LogP contribution in [-0.4, -0.2) is 16.5 Å². The molecule has 0 aromatic carbocycles. The second-order valence-electron chi connectivity index (χ2n) is 5.98. The van der Waals surface area contributed by atoms with Crippen LogP contribution >= 0.6 is 24.0 Å². The van der Waals surface area contributed by atoms with Crippen LogP contribution < -0.4 is 0 Å². The van der Waals surface area contributed by atoms with Crippen molar-refractivity contribution in [2.45, 2.75) is 69.1 Å². The summed E-state index contributed by atoms with van der Waals surface area (Å²) in [6, 6.07) is 0.455. The molecule has 0 heterocycles. The van der Waals surface area contributed by atoms with Crippen LogP contribution in [0.2, 0.25) is 0 Å². The van der Waals surface area contributed by atoms with Crippen molar-refractivity contribution in [1.29, 1.82) is 5.26 Å². The number of thiocarbonyl (C=S) groups is 1. The highest BCUT2D eigenvalue weighted by Crippen LogP contribution is 2.38. The fourth-order valence-electron chi connectivity index (χ4n) is 3.62. The maximum atomic E-state index is 8.71. The second-order valence-corrected chi connectivity index (χ2v) is 7.25. The molecule has 2 fully saturated rings. The van der Waals surface area contributed by atoms with Crippen LogP contribution in [0.1, 0.15) is 57.8 Å². The van der Waals surface area contributed by atoms with Gasteiger partial charge in [-0.1, -0.05) is 0 Å². The lowest BCUT2D eigenvalue weighted by Crippen LogP contribution is -2.22. The van der Waals surface area contributed by atoms with Crippen molar-refractivity contribution in [3.8, 4) is 5.40 Å². The summed E-state index contributed by atoms with van der Waals surface area (Å²) in [6.45, 7) is 0. The Labute approximate surface area is 126 Å². The van der Waals surface area contributed by atoms with Crippen LogP contribution in [-0.2, 0) is 0 Å². The van der Waals surface area contributed by atoms with Gasteiger partial charge >= 0.3 is 0 Å². The average Bonchev–Trinajstić information content (AvgIpc) is 2.44. The van der Waals surface area contributed by atoms with E-state index in [0.29, 0.717) is 11.3 Å². The van der Waals surface area contributed by atoms with Crippen molar-refractivity contribution in [3.63, 3.8) is 0 Å². The Morgan fingerprint density at radius 3 is 2.11 bits per heavy atom. The Balaban J connectivity index is 1.67. The lowest BCUT2D eigenvalue weighted by Gasteiger charge is -2.32. The fourth-order valence-corrected chi connectivity index (χ4v) is 4.42. The molecule has 0 spiro atoms. The quantitative estimate of drug-likeness (QED) is 0.424. The number of nitrogens with zero attached hydrogens (tertiary/aromatic N) is 2. The first-order valence-corrected chi connectivity index (χ1v) is 8.72. The number of hydrogen-bond acceptors (Lipinski definition) is 4. The highest BCUT2D eigenvalue weighted by Gasteiger charge is 2.26. The van der Waals surface area contributed by atoms with Gasteiger partial charge in [0, 0.05) is 5.25 Å². The Kier molecular flexibility index (Phi) is 6.37. The van der Waals surface area contributed by atoms with Crippen LogP contribution in [0, 0.1) is 22.5 Å². The monoisotopic (exact) mass is 294 g/mol. The molecule has 2 aliphatic carbocycles. The molecule has 0 aliphatic heterocycles. The van der Waals surface area contributed by atoms with Crippen molar-refractivity contribution < 1.29 is 0 Å². The molecular formula is C15H22N2S2. The zero-order valence-electron chi connectivity index (χ0n) is 11.4. The fraction of sp³-hybridized carbons (Fsp3) is 0.867. The lowest BCUT2D eigenvalue weighted by molar-refractivity contribution is 0.237. The summed E-state index contributed by atoms with van der Waals surface area (Å²) >= 11 is 6.17. The zero-order chi connectivity index (χ0) is 13.5. The third-order valence-corrected chi connectivity index (χ3v) is 5.75. The molecule has 2 nitrogen and oxygen atoms in total. The molecule has 0 saturated heterocycles. The molecule has 0 amide bonds. The molecule has 0 atom stereocenters. The third-order valence-electron chi connectivity index (χ3n) is 4.73. The topological polar surface area (TPSA) is 36.1 Å². The number of thioether (sulfide) groups is 1. The van der Waals surface area contributed by atoms with E-state index in [2.05, 4.69) is 27.8 Å². The Bertz CT molecular complexity index is 355. The van der Waals surface area contributed by atoms with Gasteiger partial charge in [-0.2, -0.15) is 5.26 Å². The van der Waals surface area contributed by atoms with E-state index in [-0.39, 0.29) is 0 Å². The lowest BCUT2D eigenvalue weighted by atomic mass is 9.76. The van der Waals surface area contributed by atoms with Crippen molar-refractivity contribution in [2.24, 2.45) is 16.8 Å². The van der Waals surface area contributed by atoms with E-state index in [0.717, 1.165) is 11.8 Å². The number of aliphatic imine (C=N–C) groups is 1. The summed E-state index contributed by atoms with van der Waals surface area (Å²) < 4.78 is 0. The van der Waals surface area contributed by atoms with Crippen LogP contribution in [0.25, 0.3) is 0 Å². The Hall–Kier alpha value is -0.360. The molecule has 0 aromatic heterocycles. The predicted octanol–water partition coefficient (Wildman–Crippen LogP) is 4.81. The maximum absolute atomic E-state index is 8.71. The number of rotatable bonds is 4. The van der Waals surface area contributed by atoms with Crippen molar-refractivity contribution in [1.82, 2.24) is 0 Å². The van der Waals surface area contributed by atoms with Gasteiger partial charge < -0.3 is 0 Å². The highest BCUT2D eigenvalue weighted by atomic mass is 32.2. The Morgan fingerprint density at radius 1 is 1.00 bits per heavy atom. The molecule has 0 unspecified atom stereocenters. The van der Waals surface area contributed by atoms with Gasteiger partial charge in [-0.25, -0.2) is 4.99 Å². The van der Waals surface area contributed by atoms with E-state index in [1.807, 2.05) is 0 Å². The van der Waals surface area contributed by atoms with Crippen molar-refractivity contribution in [3.05, 3.63) is 0 Å². The first-order valence-electron chi connectivity index (χ1n) is 7.43. The number of isothiocyanates is 1. The van der Waals surface area contributed by atoms with Gasteiger partial charge in [-0.3, -0.25) is 0 Å². The molecular weight excluding hydrogens is 272 g/mol. The summed E-state index contributed by atoms with van der Waals surface area (Å²) in [5.74, 6) is 1.81. The van der Waals surface area contributed by atoms with E-state index in [4.69, 9.17) is 5.26 Å². The molecule has 0 bridgehead atoms. The molecule has 2 rings (SSSR count). The van der Waals surface area contributed by atoms with Gasteiger partial charge in [0.15, 0.2) is 0 Å². The summed E-state index contributed by atoms with van der Waals surface area (Å²) in [5, 5.41) is 14.1. The first-order chi connectivity index (χ1) is 9.31. The molecule has 2 aliphatic rings. The zero-order valence-corrected chi connectivity index (χ0v) is 13.0. The van der Waals surface area contributed by atoms with Crippen LogP contribution in [0.3, 0.4) is 0 Å². The number of nitriles is 1. The van der Waals surface area contributed by atoms with Crippen molar-refractivity contribution >= 4 is 29.1 Å². The van der Waals surface area contributed by atoms with Crippen molar-refractivity contribution in [2.75, 3.05) is 0 Å². The SMILES string of the molecule is N#CSC1CCC(CC2CCC(N=C=S)CC2)CC1. The highest BCUT2D eigenvalue weighted by molar-refractivity contribution is 8.04. The van der Waals surface area contributed by atoms with Crippen LogP contribution in [0.5, 0.6) is 0 Å². The van der Waals surface area contributed by atoms with E-state index >= 15 is 0 Å². The molecule has 19 heavy (non-hydrogen) atoms. The predicted molar refractivity (Wildman–Crippen MR) is 84.3 cm³/mol. The van der Waals surface area contributed by atoms with Gasteiger partial charge in [0.1, 0.15) is 5.40 Å². The standard InChI is InChI=1S/C15H22N2S2/c16-10-19-15-7-3-13(4-8-15)9-12-1-5-14(6-2-12)17-11-18/h12-15H,1-9H2. The molecule has 104 valence electrons. The Morgan fingerprint density at radius 2 is 1.58 bits per heavy atom. The molecule has 4 heteroatoms. The van der Waals surface area contributed by atoms with E-state index in [1.165, 1.54) is 69.5 Å². The molecule has 0 aromatic rings. The molecule has 0 radical (unpaired) electrons. The summed E-state index contributed by atoms with van der Waals surface area (Å²) in [6.07, 6.45) is 11.6. The smallest absolute Gasteiger partial charge is 0.133 e. The van der Waals surface area contributed by atoms with Crippen LogP contribution in [0.4, 0.5) is 0 Å². The molecule has 0 N–H and O–H groups in total. The third kappa shape index (κ3) is 4.91. The minimum atomic E-state index is 0.455. The molecule has 2 saturated carbocycles. The van der Waals surface area contributed by atoms with Gasteiger partial charge in [0.25, 0.3) is 0 Å². The summed E-state index contributed by atoms with van der Waals surface area (Å²) in [4.78, 5) is 4.23. The maximum Gasteiger partial charge on any atom is 0.133 e. The van der Waals surface area contributed by atoms with Gasteiger partial charge in [0.2, 0.25) is 0 Å². The van der Waals surface area contributed by atoms with Crippen LogP contribution in [0.15, 0.2) is 4.99 Å². The summed E-state index contributed by atoms with van der Waals surface area (Å²) in [5.41, 5.74) is 0. The number of thiocyanates is 1. The average molecular weight is 294 g/mol. The number of hydrogen-bond donors (Lipinski definition) is 0. The minimum absolute atomic E-state index is 0.455. The second kappa shape index (κ2) is 8.04. The van der Waals surface area contributed by atoms with Gasteiger partial charge in [-0.15, -0.1) is 0 Å². The van der Waals surface area contributed by atoms with Gasteiger partial charge in [0.05, 0.1) is 11.2 Å². The van der Waals surface area contributed by atoms with Gasteiger partial charge in [-0.05, 0) is 93.6 Å².